The maximum atomic E-state index is 13.1. The number of carbonyl (C=O) groups is 2. The van der Waals surface area contributed by atoms with Crippen LogP contribution in [-0.2, 0) is 20.9 Å². The molecule has 10 nitrogen and oxygen atoms in total. The van der Waals surface area contributed by atoms with Crippen molar-refractivity contribution in [2.75, 3.05) is 0 Å². The number of fused-ring (bicyclic) bond motifs is 2. The summed E-state index contributed by atoms with van der Waals surface area (Å²) in [5.74, 6) is -3.32. The average Bonchev–Trinajstić information content (AvgIpc) is 2.74. The van der Waals surface area contributed by atoms with E-state index in [9.17, 15) is 40.2 Å². The standard InChI is InChI=1S/C22H22O10/c1-8(24)31-22-20(30)18(28)19(29)21(32-22)14-10-3-2-4-12(25)15(10)17(27)16-11(14)5-9(7-23)6-13(16)26/h2-6,14,18-23,25-26,28-30H,7H2,1H3/t14-,18-,19-,20+,21+,22-/m1/s1. The van der Waals surface area contributed by atoms with Crippen LogP contribution in [0.15, 0.2) is 30.3 Å². The smallest absolute Gasteiger partial charge is 0.305 e. The molecule has 6 atom stereocenters. The lowest BCUT2D eigenvalue weighted by Crippen LogP contribution is -2.60. The van der Waals surface area contributed by atoms with Gasteiger partial charge in [0.1, 0.15) is 35.9 Å². The summed E-state index contributed by atoms with van der Waals surface area (Å²) in [6.07, 6.45) is -8.19. The number of phenols is 2. The molecular weight excluding hydrogens is 424 g/mol. The molecule has 2 aromatic carbocycles. The maximum absolute atomic E-state index is 13.1. The molecule has 0 radical (unpaired) electrons. The van der Waals surface area contributed by atoms with Crippen LogP contribution >= 0.6 is 0 Å². The molecule has 0 aromatic heterocycles. The van der Waals surface area contributed by atoms with Crippen molar-refractivity contribution in [2.24, 2.45) is 0 Å². The number of carbonyl (C=O) groups excluding carboxylic acids is 2. The Bertz CT molecular complexity index is 1080. The molecule has 10 heteroatoms. The molecule has 0 amide bonds. The van der Waals surface area contributed by atoms with Crippen LogP contribution in [0.25, 0.3) is 0 Å². The van der Waals surface area contributed by atoms with E-state index in [2.05, 4.69) is 0 Å². The second-order valence-electron chi connectivity index (χ2n) is 7.84. The molecule has 0 saturated carbocycles. The van der Waals surface area contributed by atoms with Gasteiger partial charge in [-0.25, -0.2) is 0 Å². The summed E-state index contributed by atoms with van der Waals surface area (Å²) in [6.45, 7) is 0.621. The van der Waals surface area contributed by atoms with Crippen molar-refractivity contribution in [1.82, 2.24) is 0 Å². The minimum absolute atomic E-state index is 0.127. The fourth-order valence-electron chi connectivity index (χ4n) is 4.41. The first kappa shape index (κ1) is 22.2. The van der Waals surface area contributed by atoms with Gasteiger partial charge >= 0.3 is 5.97 Å². The van der Waals surface area contributed by atoms with Gasteiger partial charge in [0.2, 0.25) is 12.1 Å². The number of hydrogen-bond acceptors (Lipinski definition) is 10. The van der Waals surface area contributed by atoms with E-state index in [4.69, 9.17) is 9.47 Å². The predicted octanol–water partition coefficient (Wildman–Crippen LogP) is -0.363. The van der Waals surface area contributed by atoms with Crippen LogP contribution in [0.1, 0.15) is 45.5 Å². The van der Waals surface area contributed by atoms with Gasteiger partial charge < -0.3 is 40.1 Å². The number of aromatic hydroxyl groups is 2. The molecule has 1 heterocycles. The van der Waals surface area contributed by atoms with E-state index in [1.54, 1.807) is 0 Å². The quantitative estimate of drug-likeness (QED) is 0.342. The highest BCUT2D eigenvalue weighted by molar-refractivity contribution is 6.16. The molecule has 2 aromatic rings. The van der Waals surface area contributed by atoms with Crippen LogP contribution in [0.3, 0.4) is 0 Å². The summed E-state index contributed by atoms with van der Waals surface area (Å²) in [7, 11) is 0. The zero-order valence-electron chi connectivity index (χ0n) is 16.9. The van der Waals surface area contributed by atoms with Gasteiger partial charge in [-0.15, -0.1) is 0 Å². The number of rotatable bonds is 3. The zero-order chi connectivity index (χ0) is 23.3. The topological polar surface area (TPSA) is 174 Å². The molecule has 6 N–H and O–H groups in total. The molecule has 1 fully saturated rings. The monoisotopic (exact) mass is 446 g/mol. The number of ether oxygens (including phenoxy) is 2. The van der Waals surface area contributed by atoms with Crippen molar-refractivity contribution in [3.63, 3.8) is 0 Å². The van der Waals surface area contributed by atoms with E-state index in [1.807, 2.05) is 0 Å². The van der Waals surface area contributed by atoms with Crippen molar-refractivity contribution < 1.29 is 49.7 Å². The summed E-state index contributed by atoms with van der Waals surface area (Å²) < 4.78 is 10.6. The van der Waals surface area contributed by atoms with Crippen LogP contribution in [0, 0.1) is 0 Å². The summed E-state index contributed by atoms with van der Waals surface area (Å²) >= 11 is 0. The second kappa shape index (κ2) is 8.15. The Hall–Kier alpha value is -3.02. The fraction of sp³-hybridized carbons (Fsp3) is 0.364. The normalized spacial score (nSPS) is 29.2. The first-order chi connectivity index (χ1) is 15.1. The Morgan fingerprint density at radius 2 is 1.69 bits per heavy atom. The Kier molecular flexibility index (Phi) is 5.65. The first-order valence-electron chi connectivity index (χ1n) is 9.85. The zero-order valence-corrected chi connectivity index (χ0v) is 16.9. The third-order valence-electron chi connectivity index (χ3n) is 5.81. The predicted molar refractivity (Wildman–Crippen MR) is 106 cm³/mol. The van der Waals surface area contributed by atoms with Gasteiger partial charge in [0.05, 0.1) is 17.7 Å². The molecule has 170 valence electrons. The maximum Gasteiger partial charge on any atom is 0.305 e. The minimum Gasteiger partial charge on any atom is -0.507 e. The largest absolute Gasteiger partial charge is 0.507 e. The van der Waals surface area contributed by atoms with E-state index in [-0.39, 0.29) is 33.6 Å². The highest BCUT2D eigenvalue weighted by atomic mass is 16.7. The van der Waals surface area contributed by atoms with E-state index in [0.717, 1.165) is 6.92 Å². The number of aliphatic hydroxyl groups excluding tert-OH is 4. The number of phenolic OH excluding ortho intramolecular Hbond substituents is 2. The Labute approximate surface area is 181 Å². The van der Waals surface area contributed by atoms with Crippen molar-refractivity contribution in [3.8, 4) is 11.5 Å². The van der Waals surface area contributed by atoms with Gasteiger partial charge in [-0.2, -0.15) is 0 Å². The lowest BCUT2D eigenvalue weighted by molar-refractivity contribution is -0.289. The molecule has 32 heavy (non-hydrogen) atoms. The molecule has 4 rings (SSSR count). The molecule has 1 aliphatic carbocycles. The fourth-order valence-corrected chi connectivity index (χ4v) is 4.41. The van der Waals surface area contributed by atoms with Gasteiger partial charge in [-0.05, 0) is 28.8 Å². The van der Waals surface area contributed by atoms with Crippen LogP contribution in [0.2, 0.25) is 0 Å². The highest BCUT2D eigenvalue weighted by Gasteiger charge is 2.51. The van der Waals surface area contributed by atoms with E-state index < -0.39 is 60.7 Å². The second-order valence-corrected chi connectivity index (χ2v) is 7.84. The SMILES string of the molecule is CC(=O)O[C@@H]1O[C@@H]([C@@H]2c3cccc(O)c3C(=O)c3c(O)cc(CO)cc32)[C@H](O)[C@@H](O)[C@@H]1O. The molecule has 1 aliphatic heterocycles. The Morgan fingerprint density at radius 3 is 2.34 bits per heavy atom. The number of aliphatic hydroxyl groups is 4. The summed E-state index contributed by atoms with van der Waals surface area (Å²) in [5, 5.41) is 61.9. The molecule has 0 bridgehead atoms. The van der Waals surface area contributed by atoms with E-state index in [0.29, 0.717) is 0 Å². The van der Waals surface area contributed by atoms with Gasteiger partial charge in [-0.1, -0.05) is 18.2 Å². The molecule has 1 saturated heterocycles. The van der Waals surface area contributed by atoms with Gasteiger partial charge in [0.25, 0.3) is 0 Å². The summed E-state index contributed by atoms with van der Waals surface area (Å²) in [4.78, 5) is 24.6. The molecule has 0 spiro atoms. The first-order valence-corrected chi connectivity index (χ1v) is 9.85. The highest BCUT2D eigenvalue weighted by Crippen LogP contribution is 2.47. The number of benzene rings is 2. The van der Waals surface area contributed by atoms with Crippen molar-refractivity contribution in [1.29, 1.82) is 0 Å². The Balaban J connectivity index is 1.93. The molecule has 0 unspecified atom stereocenters. The van der Waals surface area contributed by atoms with E-state index >= 15 is 0 Å². The van der Waals surface area contributed by atoms with Crippen molar-refractivity contribution >= 4 is 11.8 Å². The summed E-state index contributed by atoms with van der Waals surface area (Å²) in [6, 6.07) is 6.92. The lowest BCUT2D eigenvalue weighted by atomic mass is 9.71. The number of ketones is 1. The minimum atomic E-state index is -1.77. The van der Waals surface area contributed by atoms with Crippen molar-refractivity contribution in [3.05, 3.63) is 58.1 Å². The van der Waals surface area contributed by atoms with Crippen LogP contribution in [0.4, 0.5) is 0 Å². The molecule has 2 aliphatic rings. The van der Waals surface area contributed by atoms with Crippen molar-refractivity contribution in [2.45, 2.75) is 50.2 Å². The van der Waals surface area contributed by atoms with E-state index in [1.165, 1.54) is 30.3 Å². The number of hydrogen-bond donors (Lipinski definition) is 6. The van der Waals surface area contributed by atoms with Crippen LogP contribution < -0.4 is 0 Å². The lowest BCUT2D eigenvalue weighted by Gasteiger charge is -2.44. The third-order valence-corrected chi connectivity index (χ3v) is 5.81. The third kappa shape index (κ3) is 3.42. The molecular formula is C22H22O10. The van der Waals surface area contributed by atoms with Gasteiger partial charge in [0.15, 0.2) is 0 Å². The van der Waals surface area contributed by atoms with Gasteiger partial charge in [-0.3, -0.25) is 9.59 Å². The number of esters is 1. The van der Waals surface area contributed by atoms with Crippen LogP contribution in [0.5, 0.6) is 11.5 Å². The summed E-state index contributed by atoms with van der Waals surface area (Å²) in [5.41, 5.74) is 0.377. The Morgan fingerprint density at radius 1 is 1.00 bits per heavy atom. The average molecular weight is 446 g/mol. The van der Waals surface area contributed by atoms with Gasteiger partial charge in [0, 0.05) is 12.8 Å². The van der Waals surface area contributed by atoms with Crippen LogP contribution in [-0.4, -0.2) is 73.1 Å².